The van der Waals surface area contributed by atoms with Crippen LogP contribution in [0.5, 0.6) is 0 Å². The van der Waals surface area contributed by atoms with Gasteiger partial charge < -0.3 is 0 Å². The molecule has 2 N–H and O–H groups in total. The number of hydrogen-bond donors (Lipinski definition) is 1. The monoisotopic (exact) mass is 239 g/mol. The summed E-state index contributed by atoms with van der Waals surface area (Å²) in [5.41, 5.74) is 0.00976. The van der Waals surface area contributed by atoms with Gasteiger partial charge in [-0.25, -0.2) is 10.8 Å². The van der Waals surface area contributed by atoms with Crippen molar-refractivity contribution in [3.8, 4) is 6.07 Å². The van der Waals surface area contributed by atoms with Crippen LogP contribution in [0, 0.1) is 16.7 Å². The molecule has 0 atom stereocenters. The Morgan fingerprint density at radius 2 is 2.19 bits per heavy atom. The lowest BCUT2D eigenvalue weighted by molar-refractivity contribution is 0.411. The third kappa shape index (κ3) is 3.33. The van der Waals surface area contributed by atoms with Crippen LogP contribution in [0.4, 0.5) is 5.82 Å². The number of nitrogens with zero attached hydrogens (tertiary/aromatic N) is 4. The predicted octanol–water partition coefficient (Wildman–Crippen LogP) is 1.73. The van der Waals surface area contributed by atoms with E-state index in [9.17, 15) is 0 Å². The molecule has 0 aliphatic carbocycles. The number of hydrazine groups is 1. The Morgan fingerprint density at radius 1 is 1.56 bits per heavy atom. The highest BCUT2D eigenvalue weighted by Crippen LogP contribution is 2.23. The average Bonchev–Trinajstić information content (AvgIpc) is 2.15. The Hall–Kier alpha value is -1.38. The van der Waals surface area contributed by atoms with Gasteiger partial charge in [0.05, 0.1) is 6.20 Å². The normalized spacial score (nSPS) is 11.0. The van der Waals surface area contributed by atoms with Crippen molar-refractivity contribution in [3.05, 3.63) is 17.0 Å². The number of hydrogen-bond acceptors (Lipinski definition) is 5. The van der Waals surface area contributed by atoms with Crippen molar-refractivity contribution >= 4 is 17.4 Å². The highest BCUT2D eigenvalue weighted by atomic mass is 35.5. The first-order valence-corrected chi connectivity index (χ1v) is 5.16. The van der Waals surface area contributed by atoms with Crippen LogP contribution >= 0.6 is 11.6 Å². The fraction of sp³-hybridized carbons (Fsp3) is 0.500. The standard InChI is InChI=1S/C10H14ClN5/c1-10(2,3)6-16(13)9-7(11)5-14-8(4-12)15-9/h5H,6,13H2,1-3H3. The van der Waals surface area contributed by atoms with Crippen molar-refractivity contribution in [1.82, 2.24) is 9.97 Å². The zero-order chi connectivity index (χ0) is 12.3. The molecule has 0 saturated carbocycles. The molecule has 1 aromatic rings. The van der Waals surface area contributed by atoms with E-state index in [1.165, 1.54) is 11.2 Å². The second-order valence-electron chi connectivity index (χ2n) is 4.67. The summed E-state index contributed by atoms with van der Waals surface area (Å²) in [6.45, 7) is 6.72. The highest BCUT2D eigenvalue weighted by Gasteiger charge is 2.18. The molecule has 0 fully saturated rings. The molecule has 6 heteroatoms. The quantitative estimate of drug-likeness (QED) is 0.628. The molecular formula is C10H14ClN5. The minimum atomic E-state index is 0.00976. The summed E-state index contributed by atoms with van der Waals surface area (Å²) >= 11 is 5.92. The van der Waals surface area contributed by atoms with E-state index < -0.39 is 0 Å². The maximum Gasteiger partial charge on any atom is 0.234 e. The number of nitriles is 1. The Bertz CT molecular complexity index is 418. The van der Waals surface area contributed by atoms with E-state index >= 15 is 0 Å². The number of halogens is 1. The van der Waals surface area contributed by atoms with Crippen molar-refractivity contribution in [2.75, 3.05) is 11.6 Å². The van der Waals surface area contributed by atoms with Crippen molar-refractivity contribution in [3.63, 3.8) is 0 Å². The Morgan fingerprint density at radius 3 is 2.69 bits per heavy atom. The summed E-state index contributed by atoms with van der Waals surface area (Å²) in [7, 11) is 0. The lowest BCUT2D eigenvalue weighted by Gasteiger charge is -2.27. The smallest absolute Gasteiger partial charge is 0.234 e. The van der Waals surface area contributed by atoms with Gasteiger partial charge in [0.1, 0.15) is 11.1 Å². The molecule has 5 nitrogen and oxygen atoms in total. The highest BCUT2D eigenvalue weighted by molar-refractivity contribution is 6.32. The van der Waals surface area contributed by atoms with Crippen molar-refractivity contribution in [2.24, 2.45) is 11.3 Å². The molecule has 0 bridgehead atoms. The average molecular weight is 240 g/mol. The van der Waals surface area contributed by atoms with E-state index in [1.54, 1.807) is 0 Å². The van der Waals surface area contributed by atoms with Gasteiger partial charge in [-0.05, 0) is 5.41 Å². The van der Waals surface area contributed by atoms with Gasteiger partial charge in [-0.3, -0.25) is 5.01 Å². The summed E-state index contributed by atoms with van der Waals surface area (Å²) in [6, 6.07) is 1.85. The molecule has 1 aromatic heterocycles. The second-order valence-corrected chi connectivity index (χ2v) is 5.07. The number of anilines is 1. The molecule has 1 rings (SSSR count). The number of aromatic nitrogens is 2. The van der Waals surface area contributed by atoms with Crippen molar-refractivity contribution in [1.29, 1.82) is 5.26 Å². The summed E-state index contributed by atoms with van der Waals surface area (Å²) in [6.07, 6.45) is 1.38. The van der Waals surface area contributed by atoms with Crippen molar-refractivity contribution < 1.29 is 0 Å². The zero-order valence-electron chi connectivity index (χ0n) is 9.53. The third-order valence-corrected chi connectivity index (χ3v) is 2.01. The van der Waals surface area contributed by atoms with Gasteiger partial charge in [-0.2, -0.15) is 10.2 Å². The molecule has 0 aliphatic rings. The summed E-state index contributed by atoms with van der Waals surface area (Å²) in [5.74, 6) is 6.29. The van der Waals surface area contributed by atoms with Gasteiger partial charge in [0.15, 0.2) is 5.82 Å². The van der Waals surface area contributed by atoms with Crippen LogP contribution in [-0.2, 0) is 0 Å². The molecule has 86 valence electrons. The molecule has 0 saturated heterocycles. The summed E-state index contributed by atoms with van der Waals surface area (Å²) in [4.78, 5) is 7.72. The first-order chi connectivity index (χ1) is 7.33. The minimum Gasteiger partial charge on any atom is -0.293 e. The molecular weight excluding hydrogens is 226 g/mol. The first-order valence-electron chi connectivity index (χ1n) is 4.78. The van der Waals surface area contributed by atoms with E-state index in [0.717, 1.165) is 0 Å². The van der Waals surface area contributed by atoms with Gasteiger partial charge in [0, 0.05) is 6.54 Å². The van der Waals surface area contributed by atoms with Crippen LogP contribution in [0.3, 0.4) is 0 Å². The maximum absolute atomic E-state index is 8.69. The number of rotatable bonds is 2. The fourth-order valence-electron chi connectivity index (χ4n) is 1.20. The van der Waals surface area contributed by atoms with Gasteiger partial charge in [0.2, 0.25) is 5.82 Å². The van der Waals surface area contributed by atoms with Gasteiger partial charge in [-0.1, -0.05) is 32.4 Å². The summed E-state index contributed by atoms with van der Waals surface area (Å²) < 4.78 is 0. The zero-order valence-corrected chi connectivity index (χ0v) is 10.3. The first kappa shape index (κ1) is 12.7. The molecule has 0 amide bonds. The van der Waals surface area contributed by atoms with Crippen LogP contribution < -0.4 is 10.9 Å². The van der Waals surface area contributed by atoms with Crippen LogP contribution in [0.2, 0.25) is 5.02 Å². The minimum absolute atomic E-state index is 0.00976. The van der Waals surface area contributed by atoms with E-state index in [4.69, 9.17) is 22.7 Å². The molecule has 0 aromatic carbocycles. The largest absolute Gasteiger partial charge is 0.293 e. The molecule has 0 aliphatic heterocycles. The van der Waals surface area contributed by atoms with Crippen LogP contribution in [0.15, 0.2) is 6.20 Å². The van der Waals surface area contributed by atoms with Crippen LogP contribution in [0.1, 0.15) is 26.6 Å². The van der Waals surface area contributed by atoms with Gasteiger partial charge in [0.25, 0.3) is 0 Å². The molecule has 0 unspecified atom stereocenters. The lowest BCUT2D eigenvalue weighted by Crippen LogP contribution is -2.39. The van der Waals surface area contributed by atoms with Crippen LogP contribution in [-0.4, -0.2) is 16.5 Å². The fourth-order valence-corrected chi connectivity index (χ4v) is 1.40. The molecule has 0 spiro atoms. The summed E-state index contributed by atoms with van der Waals surface area (Å²) in [5, 5.41) is 10.5. The Balaban J connectivity index is 2.99. The van der Waals surface area contributed by atoms with Crippen LogP contribution in [0.25, 0.3) is 0 Å². The second kappa shape index (κ2) is 4.64. The molecule has 0 radical (unpaired) electrons. The third-order valence-electron chi connectivity index (χ3n) is 1.74. The van der Waals surface area contributed by atoms with E-state index in [-0.39, 0.29) is 11.2 Å². The predicted molar refractivity (Wildman–Crippen MR) is 62.7 cm³/mol. The number of nitrogens with two attached hydrogens (primary N) is 1. The van der Waals surface area contributed by atoms with Gasteiger partial charge in [-0.15, -0.1) is 0 Å². The van der Waals surface area contributed by atoms with Gasteiger partial charge >= 0.3 is 0 Å². The van der Waals surface area contributed by atoms with E-state index in [0.29, 0.717) is 17.4 Å². The lowest BCUT2D eigenvalue weighted by atomic mass is 9.97. The Labute approximate surface area is 99.8 Å². The molecule has 16 heavy (non-hydrogen) atoms. The SMILES string of the molecule is CC(C)(C)CN(N)c1nc(C#N)ncc1Cl. The van der Waals surface area contributed by atoms with E-state index in [2.05, 4.69) is 9.97 Å². The van der Waals surface area contributed by atoms with Crippen molar-refractivity contribution in [2.45, 2.75) is 20.8 Å². The molecule has 1 heterocycles. The maximum atomic E-state index is 8.69. The van der Waals surface area contributed by atoms with E-state index in [1.807, 2.05) is 26.8 Å². The Kier molecular flexibility index (Phi) is 3.68. The topological polar surface area (TPSA) is 78.8 Å².